The molecule has 1 saturated carbocycles. The van der Waals surface area contributed by atoms with Crippen LogP contribution in [-0.2, 0) is 4.79 Å². The fourth-order valence-electron chi connectivity index (χ4n) is 5.15. The van der Waals surface area contributed by atoms with E-state index in [4.69, 9.17) is 0 Å². The minimum Gasteiger partial charge on any atom is -0.353 e. The summed E-state index contributed by atoms with van der Waals surface area (Å²) in [6.45, 7) is 5.15. The summed E-state index contributed by atoms with van der Waals surface area (Å²) in [7, 11) is 0. The first-order chi connectivity index (χ1) is 14.9. The molecular weight excluding hydrogens is 391 g/mol. The number of halogens is 1. The van der Waals surface area contributed by atoms with E-state index in [-0.39, 0.29) is 35.5 Å². The molecule has 3 unspecified atom stereocenters. The first-order valence-electron chi connectivity index (χ1n) is 11.3. The third kappa shape index (κ3) is 5.15. The number of nitrogens with one attached hydrogen (secondary N) is 1. The SMILES string of the molecule is Cc1cc(C)cc(C(=O)N2CCCC(C(=O)NC3CCC(c4cccc(F)c4)C3)C2)c1. The Morgan fingerprint density at radius 3 is 2.55 bits per heavy atom. The number of carbonyl (C=O) groups is 2. The van der Waals surface area contributed by atoms with Gasteiger partial charge in [0.2, 0.25) is 5.91 Å². The van der Waals surface area contributed by atoms with Crippen molar-refractivity contribution < 1.29 is 14.0 Å². The van der Waals surface area contributed by atoms with Crippen LogP contribution in [0.25, 0.3) is 0 Å². The molecular formula is C26H31FN2O2. The molecule has 0 spiro atoms. The van der Waals surface area contributed by atoms with Crippen LogP contribution in [0.5, 0.6) is 0 Å². The average Bonchev–Trinajstić information content (AvgIpc) is 3.21. The van der Waals surface area contributed by atoms with E-state index in [9.17, 15) is 14.0 Å². The molecule has 1 heterocycles. The summed E-state index contributed by atoms with van der Waals surface area (Å²) in [4.78, 5) is 27.8. The first-order valence-corrected chi connectivity index (χ1v) is 11.3. The van der Waals surface area contributed by atoms with E-state index in [2.05, 4.69) is 11.4 Å². The number of piperidine rings is 1. The molecule has 164 valence electrons. The zero-order valence-corrected chi connectivity index (χ0v) is 18.4. The van der Waals surface area contributed by atoms with Crippen molar-refractivity contribution >= 4 is 11.8 Å². The topological polar surface area (TPSA) is 49.4 Å². The van der Waals surface area contributed by atoms with Gasteiger partial charge < -0.3 is 10.2 Å². The molecule has 2 aromatic carbocycles. The Hall–Kier alpha value is -2.69. The highest BCUT2D eigenvalue weighted by Crippen LogP contribution is 2.35. The van der Waals surface area contributed by atoms with Crippen LogP contribution in [0, 0.1) is 25.6 Å². The summed E-state index contributed by atoms with van der Waals surface area (Å²) in [5.41, 5.74) is 3.86. The molecule has 1 aliphatic heterocycles. The Balaban J connectivity index is 1.34. The quantitative estimate of drug-likeness (QED) is 0.773. The minimum absolute atomic E-state index is 0.0105. The van der Waals surface area contributed by atoms with Crippen molar-refractivity contribution in [2.75, 3.05) is 13.1 Å². The number of rotatable bonds is 4. The normalized spacial score (nSPS) is 23.6. The van der Waals surface area contributed by atoms with Crippen molar-refractivity contribution in [3.8, 4) is 0 Å². The molecule has 1 saturated heterocycles. The lowest BCUT2D eigenvalue weighted by atomic mass is 9.95. The largest absolute Gasteiger partial charge is 0.353 e. The maximum Gasteiger partial charge on any atom is 0.253 e. The number of amides is 2. The molecule has 4 nitrogen and oxygen atoms in total. The van der Waals surface area contributed by atoms with Gasteiger partial charge in [-0.2, -0.15) is 0 Å². The van der Waals surface area contributed by atoms with Crippen LogP contribution < -0.4 is 5.32 Å². The molecule has 2 aromatic rings. The van der Waals surface area contributed by atoms with Crippen molar-refractivity contribution in [1.82, 2.24) is 10.2 Å². The van der Waals surface area contributed by atoms with E-state index in [1.165, 1.54) is 6.07 Å². The highest BCUT2D eigenvalue weighted by Gasteiger charge is 2.32. The molecule has 4 rings (SSSR count). The van der Waals surface area contributed by atoms with E-state index >= 15 is 0 Å². The monoisotopic (exact) mass is 422 g/mol. The Bertz CT molecular complexity index is 953. The second kappa shape index (κ2) is 9.21. The molecule has 0 radical (unpaired) electrons. The van der Waals surface area contributed by atoms with Gasteiger partial charge in [-0.25, -0.2) is 4.39 Å². The standard InChI is InChI=1S/C26H31FN2O2/c1-17-11-18(2)13-22(12-17)26(31)29-10-4-6-21(16-29)25(30)28-24-9-8-20(15-24)19-5-3-7-23(27)14-19/h3,5,7,11-14,20-21,24H,4,6,8-10,15-16H2,1-2H3,(H,28,30). The van der Waals surface area contributed by atoms with Crippen molar-refractivity contribution in [3.05, 3.63) is 70.5 Å². The van der Waals surface area contributed by atoms with Crippen molar-refractivity contribution in [3.63, 3.8) is 0 Å². The van der Waals surface area contributed by atoms with Gasteiger partial charge in [-0.05, 0) is 81.7 Å². The molecule has 1 aliphatic carbocycles. The summed E-state index contributed by atoms with van der Waals surface area (Å²) < 4.78 is 13.5. The smallest absolute Gasteiger partial charge is 0.253 e. The zero-order chi connectivity index (χ0) is 22.0. The van der Waals surface area contributed by atoms with Crippen molar-refractivity contribution in [1.29, 1.82) is 0 Å². The minimum atomic E-state index is -0.208. The van der Waals surface area contributed by atoms with Gasteiger partial charge in [0.25, 0.3) is 5.91 Å². The van der Waals surface area contributed by atoms with Gasteiger partial charge in [0, 0.05) is 24.7 Å². The van der Waals surface area contributed by atoms with Gasteiger partial charge in [0.15, 0.2) is 0 Å². The molecule has 0 bridgehead atoms. The summed E-state index contributed by atoms with van der Waals surface area (Å²) in [6, 6.07) is 12.8. The number of nitrogens with zero attached hydrogens (tertiary/aromatic N) is 1. The third-order valence-corrected chi connectivity index (χ3v) is 6.65. The molecule has 0 aromatic heterocycles. The lowest BCUT2D eigenvalue weighted by molar-refractivity contribution is -0.127. The highest BCUT2D eigenvalue weighted by molar-refractivity contribution is 5.95. The van der Waals surface area contributed by atoms with Crippen LogP contribution in [0.4, 0.5) is 4.39 Å². The second-order valence-electron chi connectivity index (χ2n) is 9.24. The summed E-state index contributed by atoms with van der Waals surface area (Å²) in [5, 5.41) is 3.21. The van der Waals surface area contributed by atoms with Crippen molar-refractivity contribution in [2.45, 2.75) is 57.9 Å². The van der Waals surface area contributed by atoms with Crippen LogP contribution >= 0.6 is 0 Å². The number of aryl methyl sites for hydroxylation is 2. The maximum atomic E-state index is 13.5. The number of benzene rings is 2. The predicted octanol–water partition coefficient (Wildman–Crippen LogP) is 4.75. The summed E-state index contributed by atoms with van der Waals surface area (Å²) >= 11 is 0. The van der Waals surface area contributed by atoms with E-state index < -0.39 is 0 Å². The lowest BCUT2D eigenvalue weighted by Gasteiger charge is -2.33. The maximum absolute atomic E-state index is 13.5. The number of hydrogen-bond acceptors (Lipinski definition) is 2. The fraction of sp³-hybridized carbons (Fsp3) is 0.462. The number of likely N-dealkylation sites (tertiary alicyclic amines) is 1. The van der Waals surface area contributed by atoms with E-state index in [0.717, 1.165) is 48.8 Å². The molecule has 2 fully saturated rings. The van der Waals surface area contributed by atoms with Crippen molar-refractivity contribution in [2.24, 2.45) is 5.92 Å². The Labute approximate surface area is 183 Å². The second-order valence-corrected chi connectivity index (χ2v) is 9.24. The molecule has 2 amide bonds. The molecule has 5 heteroatoms. The van der Waals surface area contributed by atoms with Crippen LogP contribution in [-0.4, -0.2) is 35.8 Å². The first kappa shape index (κ1) is 21.5. The van der Waals surface area contributed by atoms with Crippen LogP contribution in [0.3, 0.4) is 0 Å². The highest BCUT2D eigenvalue weighted by atomic mass is 19.1. The number of hydrogen-bond donors (Lipinski definition) is 1. The van der Waals surface area contributed by atoms with Gasteiger partial charge in [0.1, 0.15) is 5.82 Å². The molecule has 2 aliphatic rings. The van der Waals surface area contributed by atoms with Gasteiger partial charge in [0.05, 0.1) is 5.92 Å². The van der Waals surface area contributed by atoms with E-state index in [0.29, 0.717) is 18.7 Å². The molecule has 1 N–H and O–H groups in total. The van der Waals surface area contributed by atoms with Gasteiger partial charge >= 0.3 is 0 Å². The molecule has 31 heavy (non-hydrogen) atoms. The van der Waals surface area contributed by atoms with Crippen LogP contribution in [0.1, 0.15) is 65.1 Å². The third-order valence-electron chi connectivity index (χ3n) is 6.65. The van der Waals surface area contributed by atoms with Gasteiger partial charge in [-0.1, -0.05) is 29.3 Å². The van der Waals surface area contributed by atoms with Crippen LogP contribution in [0.15, 0.2) is 42.5 Å². The molecule has 3 atom stereocenters. The Kier molecular flexibility index (Phi) is 6.40. The fourth-order valence-corrected chi connectivity index (χ4v) is 5.15. The Morgan fingerprint density at radius 2 is 1.81 bits per heavy atom. The average molecular weight is 423 g/mol. The lowest BCUT2D eigenvalue weighted by Crippen LogP contribution is -2.47. The number of carbonyl (C=O) groups excluding carboxylic acids is 2. The van der Waals surface area contributed by atoms with Crippen LogP contribution in [0.2, 0.25) is 0 Å². The van der Waals surface area contributed by atoms with E-state index in [1.807, 2.05) is 36.9 Å². The van der Waals surface area contributed by atoms with E-state index in [1.54, 1.807) is 12.1 Å². The Morgan fingerprint density at radius 1 is 1.03 bits per heavy atom. The van der Waals surface area contributed by atoms with Gasteiger partial charge in [-0.15, -0.1) is 0 Å². The predicted molar refractivity (Wildman–Crippen MR) is 119 cm³/mol. The van der Waals surface area contributed by atoms with Gasteiger partial charge in [-0.3, -0.25) is 9.59 Å². The summed E-state index contributed by atoms with van der Waals surface area (Å²) in [5.74, 6) is -0.0354. The zero-order valence-electron chi connectivity index (χ0n) is 18.4. The summed E-state index contributed by atoms with van der Waals surface area (Å²) in [6.07, 6.45) is 4.35.